The monoisotopic (exact) mass is 318 g/mol. The second-order valence-electron chi connectivity index (χ2n) is 5.29. The normalized spacial score (nSPS) is 10.5. The molecule has 0 bridgehead atoms. The smallest absolute Gasteiger partial charge is 0.243 e. The summed E-state index contributed by atoms with van der Waals surface area (Å²) in [6.07, 6.45) is 6.01. The molecule has 0 spiro atoms. The zero-order valence-corrected chi connectivity index (χ0v) is 13.2. The molecule has 0 aliphatic carbocycles. The minimum atomic E-state index is -0.328. The number of methoxy groups -OCH3 is 1. The standard InChI is InChI=1S/C16H22N4O3/c1-23-14-9-7-13(8-10-14)15-12-20(19-17-15)11-5-3-2-4-6-16(21)18-22/h7-10,12,22H,2-6,11H2,1H3,(H,18,21). The molecular weight excluding hydrogens is 296 g/mol. The van der Waals surface area contributed by atoms with Crippen LogP contribution >= 0.6 is 0 Å². The van der Waals surface area contributed by atoms with E-state index in [9.17, 15) is 4.79 Å². The number of nitrogens with one attached hydrogen (secondary N) is 1. The first-order valence-electron chi connectivity index (χ1n) is 7.70. The van der Waals surface area contributed by atoms with Crippen LogP contribution in [0.1, 0.15) is 32.1 Å². The Labute approximate surface area is 135 Å². The molecule has 0 radical (unpaired) electrons. The van der Waals surface area contributed by atoms with Crippen LogP contribution in [0.5, 0.6) is 5.75 Å². The number of aryl methyl sites for hydroxylation is 1. The second kappa shape index (κ2) is 8.89. The number of rotatable bonds is 9. The van der Waals surface area contributed by atoms with Crippen molar-refractivity contribution >= 4 is 5.91 Å². The van der Waals surface area contributed by atoms with E-state index in [4.69, 9.17) is 9.94 Å². The zero-order chi connectivity index (χ0) is 16.5. The SMILES string of the molecule is COc1ccc(-c2cn(CCCCCCC(=O)NO)nn2)cc1. The molecule has 1 amide bonds. The third kappa shape index (κ3) is 5.37. The topological polar surface area (TPSA) is 89.3 Å². The average Bonchev–Trinajstić information content (AvgIpc) is 3.06. The highest BCUT2D eigenvalue weighted by Crippen LogP contribution is 2.20. The summed E-state index contributed by atoms with van der Waals surface area (Å²) in [4.78, 5) is 10.9. The van der Waals surface area contributed by atoms with Crippen LogP contribution in [-0.4, -0.2) is 33.2 Å². The van der Waals surface area contributed by atoms with Crippen molar-refractivity contribution in [1.82, 2.24) is 20.5 Å². The summed E-state index contributed by atoms with van der Waals surface area (Å²) in [5, 5.41) is 16.7. The summed E-state index contributed by atoms with van der Waals surface area (Å²) < 4.78 is 6.97. The first kappa shape index (κ1) is 17.0. The van der Waals surface area contributed by atoms with Crippen molar-refractivity contribution in [1.29, 1.82) is 0 Å². The maximum atomic E-state index is 10.9. The highest BCUT2D eigenvalue weighted by Gasteiger charge is 2.04. The van der Waals surface area contributed by atoms with Crippen LogP contribution in [0.15, 0.2) is 30.5 Å². The van der Waals surface area contributed by atoms with Crippen molar-refractivity contribution in [2.45, 2.75) is 38.6 Å². The number of hydrogen-bond donors (Lipinski definition) is 2. The number of carbonyl (C=O) groups excluding carboxylic acids is 1. The lowest BCUT2D eigenvalue weighted by molar-refractivity contribution is -0.129. The number of unbranched alkanes of at least 4 members (excludes halogenated alkanes) is 3. The number of ether oxygens (including phenoxy) is 1. The van der Waals surface area contributed by atoms with E-state index < -0.39 is 0 Å². The fourth-order valence-electron chi connectivity index (χ4n) is 2.27. The highest BCUT2D eigenvalue weighted by atomic mass is 16.5. The summed E-state index contributed by atoms with van der Waals surface area (Å²) in [7, 11) is 1.64. The Morgan fingerprint density at radius 3 is 2.65 bits per heavy atom. The largest absolute Gasteiger partial charge is 0.497 e. The molecule has 1 aromatic carbocycles. The van der Waals surface area contributed by atoms with Gasteiger partial charge in [-0.25, -0.2) is 5.48 Å². The molecular formula is C16H22N4O3. The van der Waals surface area contributed by atoms with Gasteiger partial charge in [0.05, 0.1) is 13.3 Å². The fourth-order valence-corrected chi connectivity index (χ4v) is 2.27. The van der Waals surface area contributed by atoms with Gasteiger partial charge in [0, 0.05) is 18.5 Å². The van der Waals surface area contributed by atoms with Crippen molar-refractivity contribution in [2.24, 2.45) is 0 Å². The van der Waals surface area contributed by atoms with Crippen molar-refractivity contribution in [2.75, 3.05) is 7.11 Å². The lowest BCUT2D eigenvalue weighted by Crippen LogP contribution is -2.17. The molecule has 7 heteroatoms. The van der Waals surface area contributed by atoms with Gasteiger partial charge in [0.25, 0.3) is 0 Å². The zero-order valence-electron chi connectivity index (χ0n) is 13.2. The van der Waals surface area contributed by atoms with E-state index in [0.717, 1.165) is 49.2 Å². The number of hydroxylamine groups is 1. The molecule has 2 aromatic rings. The molecule has 1 aromatic heterocycles. The van der Waals surface area contributed by atoms with Crippen molar-refractivity contribution in [3.05, 3.63) is 30.5 Å². The van der Waals surface area contributed by atoms with Crippen LogP contribution in [-0.2, 0) is 11.3 Å². The van der Waals surface area contributed by atoms with E-state index in [1.54, 1.807) is 12.6 Å². The van der Waals surface area contributed by atoms with Gasteiger partial charge in [-0.15, -0.1) is 5.10 Å². The van der Waals surface area contributed by atoms with Crippen molar-refractivity contribution < 1.29 is 14.7 Å². The molecule has 23 heavy (non-hydrogen) atoms. The minimum absolute atomic E-state index is 0.328. The van der Waals surface area contributed by atoms with Gasteiger partial charge in [-0.3, -0.25) is 14.7 Å². The Hall–Kier alpha value is -2.41. The first-order chi connectivity index (χ1) is 11.2. The Bertz CT molecular complexity index is 610. The maximum Gasteiger partial charge on any atom is 0.243 e. The number of aromatic nitrogens is 3. The molecule has 0 saturated carbocycles. The second-order valence-corrected chi connectivity index (χ2v) is 5.29. The van der Waals surface area contributed by atoms with Crippen LogP contribution in [0.2, 0.25) is 0 Å². The molecule has 0 saturated heterocycles. The summed E-state index contributed by atoms with van der Waals surface area (Å²) in [5.74, 6) is 0.487. The molecule has 0 fully saturated rings. The molecule has 2 N–H and O–H groups in total. The van der Waals surface area contributed by atoms with Gasteiger partial charge < -0.3 is 4.74 Å². The lowest BCUT2D eigenvalue weighted by atomic mass is 10.1. The average molecular weight is 318 g/mol. The van der Waals surface area contributed by atoms with Gasteiger partial charge in [0.2, 0.25) is 5.91 Å². The Morgan fingerprint density at radius 1 is 1.22 bits per heavy atom. The number of hydrogen-bond acceptors (Lipinski definition) is 5. The molecule has 0 unspecified atom stereocenters. The van der Waals surface area contributed by atoms with Crippen LogP contribution in [0.3, 0.4) is 0 Å². The van der Waals surface area contributed by atoms with Gasteiger partial charge in [-0.2, -0.15) is 0 Å². The molecule has 124 valence electrons. The number of benzene rings is 1. The molecule has 2 rings (SSSR count). The third-order valence-electron chi connectivity index (χ3n) is 3.59. The van der Waals surface area contributed by atoms with Crippen molar-refractivity contribution in [3.8, 4) is 17.0 Å². The lowest BCUT2D eigenvalue weighted by Gasteiger charge is -2.01. The summed E-state index contributed by atoms with van der Waals surface area (Å²) in [5.41, 5.74) is 3.48. The molecule has 0 aliphatic rings. The van der Waals surface area contributed by atoms with Crippen LogP contribution < -0.4 is 10.2 Å². The van der Waals surface area contributed by atoms with E-state index in [2.05, 4.69) is 10.3 Å². The van der Waals surface area contributed by atoms with E-state index in [1.165, 1.54) is 0 Å². The third-order valence-corrected chi connectivity index (χ3v) is 3.59. The summed E-state index contributed by atoms with van der Waals surface area (Å²) in [6.45, 7) is 0.801. The molecule has 1 heterocycles. The summed E-state index contributed by atoms with van der Waals surface area (Å²) in [6, 6.07) is 7.71. The number of amides is 1. The minimum Gasteiger partial charge on any atom is -0.497 e. The van der Waals surface area contributed by atoms with Crippen LogP contribution in [0, 0.1) is 0 Å². The molecule has 0 aliphatic heterocycles. The van der Waals surface area contributed by atoms with Gasteiger partial charge in [-0.05, 0) is 37.1 Å². The maximum absolute atomic E-state index is 10.9. The van der Waals surface area contributed by atoms with Gasteiger partial charge in [0.1, 0.15) is 11.4 Å². The van der Waals surface area contributed by atoms with E-state index in [0.29, 0.717) is 6.42 Å². The van der Waals surface area contributed by atoms with Gasteiger partial charge >= 0.3 is 0 Å². The van der Waals surface area contributed by atoms with Gasteiger partial charge in [-0.1, -0.05) is 18.1 Å². The Kier molecular flexibility index (Phi) is 6.56. The van der Waals surface area contributed by atoms with E-state index in [-0.39, 0.29) is 5.91 Å². The summed E-state index contributed by atoms with van der Waals surface area (Å²) >= 11 is 0. The highest BCUT2D eigenvalue weighted by molar-refractivity contribution is 5.74. The van der Waals surface area contributed by atoms with Gasteiger partial charge in [0.15, 0.2) is 0 Å². The van der Waals surface area contributed by atoms with E-state index in [1.807, 2.05) is 35.1 Å². The molecule has 7 nitrogen and oxygen atoms in total. The quantitative estimate of drug-likeness (QED) is 0.421. The Morgan fingerprint density at radius 2 is 1.96 bits per heavy atom. The Balaban J connectivity index is 1.73. The molecule has 0 atom stereocenters. The van der Waals surface area contributed by atoms with Crippen LogP contribution in [0.4, 0.5) is 0 Å². The van der Waals surface area contributed by atoms with E-state index >= 15 is 0 Å². The number of carbonyl (C=O) groups is 1. The number of nitrogens with zero attached hydrogens (tertiary/aromatic N) is 3. The fraction of sp³-hybridized carbons (Fsp3) is 0.438. The predicted octanol–water partition coefficient (Wildman–Crippen LogP) is 2.41. The van der Waals surface area contributed by atoms with Crippen LogP contribution in [0.25, 0.3) is 11.3 Å². The van der Waals surface area contributed by atoms with Crippen molar-refractivity contribution in [3.63, 3.8) is 0 Å². The first-order valence-corrected chi connectivity index (χ1v) is 7.70. The predicted molar refractivity (Wildman–Crippen MR) is 85.0 cm³/mol.